The summed E-state index contributed by atoms with van der Waals surface area (Å²) in [5.41, 5.74) is 4.81. The summed E-state index contributed by atoms with van der Waals surface area (Å²) >= 11 is 6.09. The average Bonchev–Trinajstić information content (AvgIpc) is 2.69. The van der Waals surface area contributed by atoms with E-state index in [9.17, 15) is 0 Å². The minimum atomic E-state index is 0.112. The monoisotopic (exact) mass is 454 g/mol. The highest BCUT2D eigenvalue weighted by Crippen LogP contribution is 2.57. The van der Waals surface area contributed by atoms with E-state index in [0.717, 1.165) is 12.8 Å². The molecule has 178 valence electrons. The molecule has 0 aliphatic heterocycles. The van der Waals surface area contributed by atoms with Crippen molar-refractivity contribution in [2.75, 3.05) is 0 Å². The van der Waals surface area contributed by atoms with Gasteiger partial charge in [0.1, 0.15) is 0 Å². The Hall–Kier alpha value is -1.27. The van der Waals surface area contributed by atoms with Gasteiger partial charge in [0.05, 0.1) is 0 Å². The molecule has 0 aliphatic rings. The molecule has 0 nitrogen and oxygen atoms in total. The predicted octanol–water partition coefficient (Wildman–Crippen LogP) is 10.2. The Morgan fingerprint density at radius 2 is 1.12 bits per heavy atom. The summed E-state index contributed by atoms with van der Waals surface area (Å²) in [6.07, 6.45) is 2.32. The molecule has 2 aromatic carbocycles. The first-order chi connectivity index (χ1) is 14.6. The Balaban J connectivity index is 2.49. The molecule has 2 rings (SSSR count). The lowest BCUT2D eigenvalue weighted by Gasteiger charge is -2.51. The molecule has 0 aliphatic carbocycles. The fourth-order valence-electron chi connectivity index (χ4n) is 5.10. The van der Waals surface area contributed by atoms with E-state index < -0.39 is 0 Å². The molecule has 0 saturated heterocycles. The standard InChI is InChI=1S/C31H47Cl/c1-28(2,3)20-27(25-18-16-23(22-32)17-19-25)31(9,10)30(7,8)21-26(29(4,5)6)24-14-12-11-13-15-24/h11-19,26-27H,20-22H2,1-10H3. The van der Waals surface area contributed by atoms with Gasteiger partial charge in [-0.2, -0.15) is 0 Å². The van der Waals surface area contributed by atoms with Crippen molar-refractivity contribution >= 4 is 11.6 Å². The van der Waals surface area contributed by atoms with Crippen molar-refractivity contribution in [1.82, 2.24) is 0 Å². The molecule has 0 fully saturated rings. The van der Waals surface area contributed by atoms with E-state index in [-0.39, 0.29) is 21.7 Å². The maximum atomic E-state index is 6.09. The molecular formula is C31H47Cl. The molecule has 0 radical (unpaired) electrons. The Labute approximate surface area is 204 Å². The van der Waals surface area contributed by atoms with Crippen molar-refractivity contribution < 1.29 is 0 Å². The summed E-state index contributed by atoms with van der Waals surface area (Å²) in [6.45, 7) is 24.3. The summed E-state index contributed by atoms with van der Waals surface area (Å²) in [4.78, 5) is 0. The van der Waals surface area contributed by atoms with Crippen LogP contribution in [0.3, 0.4) is 0 Å². The highest BCUT2D eigenvalue weighted by atomic mass is 35.5. The SMILES string of the molecule is CC(C)(C)CC(c1ccc(CCl)cc1)C(C)(C)C(C)(C)CC(c1ccccc1)C(C)(C)C. The smallest absolute Gasteiger partial charge is 0.0474 e. The van der Waals surface area contributed by atoms with Crippen LogP contribution in [0.4, 0.5) is 0 Å². The number of hydrogen-bond acceptors (Lipinski definition) is 0. The van der Waals surface area contributed by atoms with Crippen LogP contribution in [0, 0.1) is 21.7 Å². The molecule has 0 aromatic heterocycles. The lowest BCUT2D eigenvalue weighted by Crippen LogP contribution is -2.41. The molecule has 0 heterocycles. The first-order valence-corrected chi connectivity index (χ1v) is 12.8. The van der Waals surface area contributed by atoms with Crippen LogP contribution < -0.4 is 0 Å². The van der Waals surface area contributed by atoms with Crippen LogP contribution in [0.25, 0.3) is 0 Å². The number of halogens is 1. The van der Waals surface area contributed by atoms with E-state index in [1.165, 1.54) is 16.7 Å². The summed E-state index contributed by atoms with van der Waals surface area (Å²) in [5.74, 6) is 1.55. The Kier molecular flexibility index (Phi) is 8.37. The third-order valence-electron chi connectivity index (χ3n) is 7.93. The van der Waals surface area contributed by atoms with Crippen molar-refractivity contribution in [3.63, 3.8) is 0 Å². The normalized spacial score (nSPS) is 15.5. The zero-order valence-corrected chi connectivity index (χ0v) is 23.1. The molecule has 0 bridgehead atoms. The number of benzene rings is 2. The van der Waals surface area contributed by atoms with Gasteiger partial charge in [-0.15, -0.1) is 11.6 Å². The molecule has 2 aromatic rings. The maximum Gasteiger partial charge on any atom is 0.0474 e. The highest BCUT2D eigenvalue weighted by Gasteiger charge is 2.47. The third-order valence-corrected chi connectivity index (χ3v) is 8.24. The second-order valence-corrected chi connectivity index (χ2v) is 13.6. The zero-order valence-electron chi connectivity index (χ0n) is 22.4. The van der Waals surface area contributed by atoms with Gasteiger partial charge in [0.15, 0.2) is 0 Å². The van der Waals surface area contributed by atoms with Crippen LogP contribution in [-0.4, -0.2) is 0 Å². The largest absolute Gasteiger partial charge is 0.122 e. The van der Waals surface area contributed by atoms with Gasteiger partial charge in [-0.1, -0.05) is 124 Å². The van der Waals surface area contributed by atoms with Crippen molar-refractivity contribution in [1.29, 1.82) is 0 Å². The average molecular weight is 455 g/mol. The molecule has 0 amide bonds. The van der Waals surface area contributed by atoms with Gasteiger partial charge in [-0.05, 0) is 63.0 Å². The predicted molar refractivity (Wildman–Crippen MR) is 144 cm³/mol. The van der Waals surface area contributed by atoms with Crippen molar-refractivity contribution in [2.45, 2.75) is 99.8 Å². The first kappa shape index (κ1) is 27.0. The second-order valence-electron chi connectivity index (χ2n) is 13.3. The maximum absolute atomic E-state index is 6.09. The van der Waals surface area contributed by atoms with Gasteiger partial charge in [0.25, 0.3) is 0 Å². The summed E-state index contributed by atoms with van der Waals surface area (Å²) in [6, 6.07) is 20.2. The third kappa shape index (κ3) is 6.63. The quantitative estimate of drug-likeness (QED) is 0.348. The zero-order chi connectivity index (χ0) is 24.4. The van der Waals surface area contributed by atoms with Gasteiger partial charge in [0, 0.05) is 5.88 Å². The van der Waals surface area contributed by atoms with Gasteiger partial charge < -0.3 is 0 Å². The Morgan fingerprint density at radius 1 is 0.625 bits per heavy atom. The number of hydrogen-bond donors (Lipinski definition) is 0. The van der Waals surface area contributed by atoms with Crippen molar-refractivity contribution in [2.24, 2.45) is 21.7 Å². The van der Waals surface area contributed by atoms with Crippen LogP contribution >= 0.6 is 11.6 Å². The Bertz CT molecular complexity index is 829. The lowest BCUT2D eigenvalue weighted by molar-refractivity contribution is 0.0305. The minimum Gasteiger partial charge on any atom is -0.122 e. The van der Waals surface area contributed by atoms with Crippen molar-refractivity contribution in [3.8, 4) is 0 Å². The minimum absolute atomic E-state index is 0.112. The Morgan fingerprint density at radius 3 is 1.56 bits per heavy atom. The van der Waals surface area contributed by atoms with Crippen LogP contribution in [0.2, 0.25) is 0 Å². The number of alkyl halides is 1. The topological polar surface area (TPSA) is 0 Å². The summed E-state index contributed by atoms with van der Waals surface area (Å²) in [7, 11) is 0. The van der Waals surface area contributed by atoms with E-state index in [4.69, 9.17) is 11.6 Å². The van der Waals surface area contributed by atoms with E-state index in [0.29, 0.717) is 17.7 Å². The molecule has 0 spiro atoms. The van der Waals surface area contributed by atoms with Crippen LogP contribution in [0.1, 0.15) is 111 Å². The molecule has 1 heteroatoms. The highest BCUT2D eigenvalue weighted by molar-refractivity contribution is 6.17. The second kappa shape index (κ2) is 9.92. The number of rotatable bonds is 8. The van der Waals surface area contributed by atoms with Gasteiger partial charge in [-0.25, -0.2) is 0 Å². The van der Waals surface area contributed by atoms with Crippen LogP contribution in [0.15, 0.2) is 54.6 Å². The van der Waals surface area contributed by atoms with Gasteiger partial charge in [-0.3, -0.25) is 0 Å². The van der Waals surface area contributed by atoms with Crippen LogP contribution in [0.5, 0.6) is 0 Å². The van der Waals surface area contributed by atoms with E-state index in [1.54, 1.807) is 0 Å². The van der Waals surface area contributed by atoms with Gasteiger partial charge in [0.2, 0.25) is 0 Å². The molecule has 0 saturated carbocycles. The summed E-state index contributed by atoms with van der Waals surface area (Å²) in [5, 5.41) is 0. The van der Waals surface area contributed by atoms with E-state index >= 15 is 0 Å². The fraction of sp³-hybridized carbons (Fsp3) is 0.613. The molecule has 2 unspecified atom stereocenters. The lowest BCUT2D eigenvalue weighted by atomic mass is 9.53. The summed E-state index contributed by atoms with van der Waals surface area (Å²) < 4.78 is 0. The molecule has 32 heavy (non-hydrogen) atoms. The van der Waals surface area contributed by atoms with Crippen molar-refractivity contribution in [3.05, 3.63) is 71.3 Å². The van der Waals surface area contributed by atoms with E-state index in [2.05, 4.69) is 124 Å². The first-order valence-electron chi connectivity index (χ1n) is 12.3. The molecule has 2 atom stereocenters. The molecule has 0 N–H and O–H groups in total. The molecular weight excluding hydrogens is 408 g/mol. The fourth-order valence-corrected chi connectivity index (χ4v) is 5.27. The van der Waals surface area contributed by atoms with Gasteiger partial charge >= 0.3 is 0 Å². The van der Waals surface area contributed by atoms with E-state index in [1.807, 2.05) is 0 Å². The van der Waals surface area contributed by atoms with Crippen LogP contribution in [-0.2, 0) is 5.88 Å².